The van der Waals surface area contributed by atoms with Crippen LogP contribution in [0.25, 0.3) is 5.82 Å². The first-order valence-corrected chi connectivity index (χ1v) is 15.3. The molecule has 4 atom stereocenters. The van der Waals surface area contributed by atoms with Gasteiger partial charge in [-0.1, -0.05) is 42.5 Å². The van der Waals surface area contributed by atoms with Gasteiger partial charge in [0.25, 0.3) is 11.8 Å². The Bertz CT molecular complexity index is 1820. The van der Waals surface area contributed by atoms with E-state index in [0.717, 1.165) is 30.8 Å². The van der Waals surface area contributed by atoms with Gasteiger partial charge >= 0.3 is 12.1 Å². The lowest BCUT2D eigenvalue weighted by Crippen LogP contribution is -2.47. The molecule has 4 aromatic rings. The quantitative estimate of drug-likeness (QED) is 0.169. The number of benzene rings is 2. The van der Waals surface area contributed by atoms with Crippen molar-refractivity contribution in [3.05, 3.63) is 113 Å². The predicted octanol–water partition coefficient (Wildman–Crippen LogP) is 3.67. The summed E-state index contributed by atoms with van der Waals surface area (Å²) in [5, 5.41) is 14.5. The van der Waals surface area contributed by atoms with Crippen molar-refractivity contribution in [3.8, 4) is 5.82 Å². The van der Waals surface area contributed by atoms with Crippen LogP contribution >= 0.6 is 0 Å². The van der Waals surface area contributed by atoms with Gasteiger partial charge in [-0.25, -0.2) is 18.9 Å². The second-order valence-electron chi connectivity index (χ2n) is 11.9. The van der Waals surface area contributed by atoms with E-state index in [1.807, 2.05) is 48.5 Å². The number of ketones is 1. The molecule has 2 aliphatic rings. The van der Waals surface area contributed by atoms with E-state index in [0.29, 0.717) is 30.1 Å². The number of hydrogen-bond donors (Lipinski definition) is 3. The standard InChI is InChI=1S/C32H31FN6O3.C2HF3O2/c33-23-10-8-21(9-11-23)26-16-22-17-38(19-27(22)26)18-24-12-14-39(37-24)31-25(7-4-13-35-31)32(42)36-28(29(40)30(34)41)15-20-5-2-1-3-6-20;3-2(4,5)1(6)7/h1-14,22,26-28H,15-19H2,(H2,34,41)(H,36,42);(H,6,7)/t22?,26-,27?,28?;/m0./s1. The Labute approximate surface area is 277 Å². The highest BCUT2D eigenvalue weighted by molar-refractivity contribution is 6.38. The van der Waals surface area contributed by atoms with Crippen LogP contribution in [0.3, 0.4) is 0 Å². The van der Waals surface area contributed by atoms with E-state index in [4.69, 9.17) is 20.7 Å². The fraction of sp³-hybridized carbons (Fsp3) is 0.294. The van der Waals surface area contributed by atoms with Crippen molar-refractivity contribution in [2.45, 2.75) is 37.5 Å². The van der Waals surface area contributed by atoms with Gasteiger partial charge in [0, 0.05) is 38.4 Å². The topological polar surface area (TPSA) is 161 Å². The molecule has 3 heterocycles. The molecule has 1 aliphatic carbocycles. The molecule has 1 aliphatic heterocycles. The first kappa shape index (κ1) is 34.9. The summed E-state index contributed by atoms with van der Waals surface area (Å²) in [5.74, 6) is -3.57. The van der Waals surface area contributed by atoms with Gasteiger partial charge in [0.2, 0.25) is 5.78 Å². The minimum Gasteiger partial charge on any atom is -0.475 e. The van der Waals surface area contributed by atoms with Crippen molar-refractivity contribution >= 4 is 23.6 Å². The number of likely N-dealkylation sites (tertiary alicyclic amines) is 1. The molecule has 11 nitrogen and oxygen atoms in total. The highest BCUT2D eigenvalue weighted by Gasteiger charge is 2.47. The monoisotopic (exact) mass is 680 g/mol. The van der Waals surface area contributed by atoms with E-state index >= 15 is 0 Å². The molecule has 4 N–H and O–H groups in total. The number of fused-ring (bicyclic) bond motifs is 1. The molecular formula is C34H32F4N6O5. The lowest BCUT2D eigenvalue weighted by molar-refractivity contribution is -0.192. The summed E-state index contributed by atoms with van der Waals surface area (Å²) in [4.78, 5) is 53.3. The maximum absolute atomic E-state index is 13.4. The molecule has 2 aromatic heterocycles. The van der Waals surface area contributed by atoms with Gasteiger partial charge < -0.3 is 16.2 Å². The number of Topliss-reactive ketones (excluding diaryl/α,β-unsaturated/α-hetero) is 1. The number of carboxylic acid groups (broad SMARTS) is 1. The average molecular weight is 681 g/mol. The Kier molecular flexibility index (Phi) is 10.5. The van der Waals surface area contributed by atoms with Crippen molar-refractivity contribution in [3.63, 3.8) is 0 Å². The van der Waals surface area contributed by atoms with Crippen LogP contribution in [-0.2, 0) is 27.3 Å². The van der Waals surface area contributed by atoms with E-state index in [1.165, 1.54) is 17.7 Å². The number of pyridine rings is 1. The number of rotatable bonds is 10. The van der Waals surface area contributed by atoms with Crippen LogP contribution in [0.4, 0.5) is 17.6 Å². The van der Waals surface area contributed by atoms with Gasteiger partial charge in [0.1, 0.15) is 11.9 Å². The maximum Gasteiger partial charge on any atom is 0.490 e. The zero-order valence-electron chi connectivity index (χ0n) is 25.9. The fourth-order valence-electron chi connectivity index (χ4n) is 6.24. The minimum atomic E-state index is -5.08. The molecule has 2 aromatic carbocycles. The molecule has 2 fully saturated rings. The number of alkyl halides is 3. The first-order valence-electron chi connectivity index (χ1n) is 15.3. The molecule has 2 amide bonds. The first-order chi connectivity index (χ1) is 23.3. The van der Waals surface area contributed by atoms with Crippen LogP contribution < -0.4 is 11.1 Å². The van der Waals surface area contributed by atoms with Crippen LogP contribution in [0, 0.1) is 17.7 Å². The van der Waals surface area contributed by atoms with Gasteiger partial charge in [-0.05, 0) is 65.6 Å². The van der Waals surface area contributed by atoms with Crippen molar-refractivity contribution in [1.29, 1.82) is 0 Å². The third-order valence-corrected chi connectivity index (χ3v) is 8.61. The summed E-state index contributed by atoms with van der Waals surface area (Å²) in [7, 11) is 0. The summed E-state index contributed by atoms with van der Waals surface area (Å²) in [6.45, 7) is 2.60. The number of nitrogens with zero attached hydrogens (tertiary/aromatic N) is 4. The molecule has 0 radical (unpaired) electrons. The van der Waals surface area contributed by atoms with E-state index in [2.05, 4.69) is 15.2 Å². The van der Waals surface area contributed by atoms with Crippen molar-refractivity contribution in [2.75, 3.05) is 13.1 Å². The molecule has 1 saturated heterocycles. The number of aliphatic carboxylic acids is 1. The van der Waals surface area contributed by atoms with Gasteiger partial charge in [-0.3, -0.25) is 19.3 Å². The van der Waals surface area contributed by atoms with Crippen molar-refractivity contribution < 1.29 is 41.8 Å². The molecule has 3 unspecified atom stereocenters. The Morgan fingerprint density at radius 2 is 1.67 bits per heavy atom. The second-order valence-corrected chi connectivity index (χ2v) is 11.9. The van der Waals surface area contributed by atoms with Crippen molar-refractivity contribution in [1.82, 2.24) is 25.0 Å². The van der Waals surface area contributed by atoms with Gasteiger partial charge in [0.05, 0.1) is 11.3 Å². The minimum absolute atomic E-state index is 0.121. The lowest BCUT2D eigenvalue weighted by atomic mass is 9.64. The number of carbonyl (C=O) groups excluding carboxylic acids is 3. The number of aromatic nitrogens is 3. The zero-order valence-corrected chi connectivity index (χ0v) is 25.9. The Morgan fingerprint density at radius 1 is 0.980 bits per heavy atom. The summed E-state index contributed by atoms with van der Waals surface area (Å²) in [6.07, 6.45) is -0.527. The third-order valence-electron chi connectivity index (χ3n) is 8.61. The van der Waals surface area contributed by atoms with E-state index < -0.39 is 35.8 Å². The maximum atomic E-state index is 13.4. The van der Waals surface area contributed by atoms with Gasteiger partial charge in [-0.2, -0.15) is 18.3 Å². The van der Waals surface area contributed by atoms with Crippen LogP contribution in [0.2, 0.25) is 0 Å². The molecule has 6 rings (SSSR count). The Balaban J connectivity index is 0.000000606. The number of carboxylic acids is 1. The molecule has 49 heavy (non-hydrogen) atoms. The summed E-state index contributed by atoms with van der Waals surface area (Å²) in [6, 6.07) is 20.0. The number of nitrogens with one attached hydrogen (secondary N) is 1. The number of halogens is 4. The van der Waals surface area contributed by atoms with Crippen LogP contribution in [0.1, 0.15) is 39.5 Å². The van der Waals surface area contributed by atoms with Crippen molar-refractivity contribution in [2.24, 2.45) is 17.6 Å². The molecule has 1 saturated carbocycles. The highest BCUT2D eigenvalue weighted by atomic mass is 19.4. The summed E-state index contributed by atoms with van der Waals surface area (Å²) >= 11 is 0. The Morgan fingerprint density at radius 3 is 2.33 bits per heavy atom. The predicted molar refractivity (Wildman–Crippen MR) is 167 cm³/mol. The lowest BCUT2D eigenvalue weighted by Gasteiger charge is -2.40. The normalized spacial score (nSPS) is 19.1. The number of carbonyl (C=O) groups is 4. The second kappa shape index (κ2) is 14.8. The zero-order chi connectivity index (χ0) is 35.3. The highest BCUT2D eigenvalue weighted by Crippen LogP contribution is 2.51. The largest absolute Gasteiger partial charge is 0.490 e. The van der Waals surface area contributed by atoms with E-state index in [1.54, 1.807) is 29.2 Å². The van der Waals surface area contributed by atoms with E-state index in [-0.39, 0.29) is 17.8 Å². The molecule has 256 valence electrons. The molecule has 0 bridgehead atoms. The molecule has 15 heteroatoms. The number of primary amides is 1. The summed E-state index contributed by atoms with van der Waals surface area (Å²) in [5.41, 5.74) is 8.31. The van der Waals surface area contributed by atoms with Gasteiger partial charge in [0.15, 0.2) is 5.82 Å². The smallest absolute Gasteiger partial charge is 0.475 e. The fourth-order valence-corrected chi connectivity index (χ4v) is 6.24. The van der Waals surface area contributed by atoms with E-state index in [9.17, 15) is 31.9 Å². The van der Waals surface area contributed by atoms with Crippen LogP contribution in [0.5, 0.6) is 0 Å². The number of amides is 2. The molecule has 0 spiro atoms. The SMILES string of the molecule is NC(=O)C(=O)C(Cc1ccccc1)NC(=O)c1cccnc1-n1ccc(CN2CC3C[C@@H](c4ccc(F)cc4)C3C2)n1.O=C(O)C(F)(F)F. The number of hydrogen-bond acceptors (Lipinski definition) is 7. The van der Waals surface area contributed by atoms with Gasteiger partial charge in [-0.15, -0.1) is 0 Å². The summed E-state index contributed by atoms with van der Waals surface area (Å²) < 4.78 is 46.7. The van der Waals surface area contributed by atoms with Crippen LogP contribution in [0.15, 0.2) is 85.2 Å². The molecular weight excluding hydrogens is 648 g/mol. The third kappa shape index (κ3) is 8.54. The average Bonchev–Trinajstić information content (AvgIpc) is 3.65. The number of nitrogens with two attached hydrogens (primary N) is 1. The van der Waals surface area contributed by atoms with Crippen LogP contribution in [-0.4, -0.2) is 73.6 Å². The Hall–Kier alpha value is -5.44.